The van der Waals surface area contributed by atoms with E-state index in [0.717, 1.165) is 32.4 Å². The van der Waals surface area contributed by atoms with Gasteiger partial charge >= 0.3 is 0 Å². The Balaban J connectivity index is 0.000000491. The lowest BCUT2D eigenvalue weighted by Gasteiger charge is -2.11. The monoisotopic (exact) mass is 445 g/mol. The van der Waals surface area contributed by atoms with E-state index in [1.165, 1.54) is 0 Å². The molecule has 0 unspecified atom stereocenters. The number of aryl methyl sites for hydroxylation is 1. The van der Waals surface area contributed by atoms with Crippen molar-refractivity contribution in [2.45, 2.75) is 0 Å². The Morgan fingerprint density at radius 1 is 0.839 bits per heavy atom. The molecule has 0 aliphatic rings. The van der Waals surface area contributed by atoms with E-state index in [0.29, 0.717) is 23.5 Å². The van der Waals surface area contributed by atoms with Gasteiger partial charge in [0, 0.05) is 11.6 Å². The molecule has 1 heterocycles. The molecule has 4 aromatic rings. The highest BCUT2D eigenvalue weighted by molar-refractivity contribution is 7.84. The van der Waals surface area contributed by atoms with Crippen molar-refractivity contribution >= 4 is 42.6 Å². The lowest BCUT2D eigenvalue weighted by molar-refractivity contribution is -0.642. The van der Waals surface area contributed by atoms with Gasteiger partial charge in [0.1, 0.15) is 7.05 Å². The largest absolute Gasteiger partial charge is 0.748 e. The maximum atomic E-state index is 10.1. The summed E-state index contributed by atoms with van der Waals surface area (Å²) in [5.41, 5.74) is 1.06. The summed E-state index contributed by atoms with van der Waals surface area (Å²) in [7, 11) is 2.92. The predicted octanol–water partition coefficient (Wildman–Crippen LogP) is 2.86. The van der Waals surface area contributed by atoms with Crippen LogP contribution in [-0.4, -0.2) is 45.7 Å². The highest BCUT2D eigenvalue weighted by Crippen LogP contribution is 2.38. The van der Waals surface area contributed by atoms with Crippen molar-refractivity contribution in [2.75, 3.05) is 27.6 Å². The third-order valence-electron chi connectivity index (χ3n) is 4.82. The third kappa shape index (κ3) is 4.57. The van der Waals surface area contributed by atoms with Gasteiger partial charge in [-0.2, -0.15) is 4.57 Å². The van der Waals surface area contributed by atoms with Crippen LogP contribution in [0.2, 0.25) is 0 Å². The molecular formula is C22H23NO7S. The molecule has 31 heavy (non-hydrogen) atoms. The Hall–Kier alpha value is -3.30. The number of methoxy groups -OCH3 is 3. The molecule has 0 radical (unpaired) electrons. The van der Waals surface area contributed by atoms with Crippen LogP contribution >= 0.6 is 0 Å². The average molecular weight is 445 g/mol. The number of hydrogen-bond donors (Lipinski definition) is 1. The molecule has 3 aromatic carbocycles. The molecule has 4 rings (SSSR count). The van der Waals surface area contributed by atoms with E-state index in [4.69, 9.17) is 27.2 Å². The first-order valence-electron chi connectivity index (χ1n) is 9.16. The number of rotatable bonds is 3. The molecule has 0 spiro atoms. The average Bonchev–Trinajstić information content (AvgIpc) is 2.70. The molecule has 1 N–H and O–H groups in total. The highest BCUT2D eigenvalue weighted by Gasteiger charge is 2.18. The van der Waals surface area contributed by atoms with Crippen LogP contribution < -0.4 is 18.8 Å². The quantitative estimate of drug-likeness (QED) is 0.293. The van der Waals surface area contributed by atoms with Gasteiger partial charge in [0.15, 0.2) is 29.2 Å². The normalized spacial score (nSPS) is 11.3. The van der Waals surface area contributed by atoms with Crippen LogP contribution in [0.5, 0.6) is 23.0 Å². The molecule has 0 saturated heterocycles. The lowest BCUT2D eigenvalue weighted by Crippen LogP contribution is -2.28. The number of aromatic hydroxyl groups is 1. The number of ether oxygens (including phenoxy) is 3. The number of pyridine rings is 1. The fourth-order valence-electron chi connectivity index (χ4n) is 3.59. The molecule has 164 valence electrons. The molecule has 0 aliphatic heterocycles. The number of fused-ring (bicyclic) bond motifs is 5. The maximum absolute atomic E-state index is 10.1. The molecule has 0 bridgehead atoms. The molecule has 0 aliphatic carbocycles. The van der Waals surface area contributed by atoms with Crippen LogP contribution in [0.15, 0.2) is 42.6 Å². The van der Waals surface area contributed by atoms with Crippen molar-refractivity contribution in [3.05, 3.63) is 42.6 Å². The van der Waals surface area contributed by atoms with E-state index in [9.17, 15) is 5.11 Å². The maximum Gasteiger partial charge on any atom is 0.220 e. The fraction of sp³-hybridized carbons (Fsp3) is 0.227. The summed E-state index contributed by atoms with van der Waals surface area (Å²) in [5, 5.41) is 15.3. The first kappa shape index (κ1) is 22.4. The molecular weight excluding hydrogens is 422 g/mol. The van der Waals surface area contributed by atoms with Gasteiger partial charge in [0.2, 0.25) is 5.52 Å². The number of nitrogens with zero attached hydrogens (tertiary/aromatic N) is 1. The zero-order valence-corrected chi connectivity index (χ0v) is 18.6. The SMILES string of the molecule is COc1cc2c(ccc3c4cc(OC)c(OC)cc4c[n+](C)c23)cc1O.CS(=O)(=O)[O-]. The molecule has 0 saturated carbocycles. The minimum atomic E-state index is -3.92. The van der Waals surface area contributed by atoms with Gasteiger partial charge in [-0.25, -0.2) is 8.42 Å². The Morgan fingerprint density at radius 2 is 1.39 bits per heavy atom. The Kier molecular flexibility index (Phi) is 6.10. The Labute approximate surface area is 180 Å². The standard InChI is InChI=1S/C21H19NO4.CH4O3S/c1-22-11-13-8-19(25-3)20(26-4)9-15(13)14-6-5-12-7-17(23)18(24-2)10-16(12)21(14)22;1-5(2,3)4/h5-11H,1-4H3;1H3,(H,2,3,4). The van der Waals surface area contributed by atoms with Crippen LogP contribution in [0.25, 0.3) is 32.4 Å². The predicted molar refractivity (Wildman–Crippen MR) is 117 cm³/mol. The number of benzene rings is 3. The molecule has 1 aromatic heterocycles. The second-order valence-corrected chi connectivity index (χ2v) is 8.35. The fourth-order valence-corrected chi connectivity index (χ4v) is 3.59. The first-order chi connectivity index (χ1) is 14.6. The van der Waals surface area contributed by atoms with Crippen LogP contribution in [0.4, 0.5) is 0 Å². The third-order valence-corrected chi connectivity index (χ3v) is 4.82. The molecule has 0 amide bonds. The van der Waals surface area contributed by atoms with E-state index in [2.05, 4.69) is 16.8 Å². The summed E-state index contributed by atoms with van der Waals surface area (Å²) >= 11 is 0. The van der Waals surface area contributed by atoms with Crippen LogP contribution in [-0.2, 0) is 17.2 Å². The van der Waals surface area contributed by atoms with Gasteiger partial charge in [0.25, 0.3) is 0 Å². The summed E-state index contributed by atoms with van der Waals surface area (Å²) in [4.78, 5) is 0. The van der Waals surface area contributed by atoms with Gasteiger partial charge in [-0.1, -0.05) is 6.07 Å². The van der Waals surface area contributed by atoms with Crippen LogP contribution in [0.1, 0.15) is 0 Å². The number of aromatic nitrogens is 1. The van der Waals surface area contributed by atoms with E-state index >= 15 is 0 Å². The van der Waals surface area contributed by atoms with Crippen molar-refractivity contribution < 1.29 is 36.9 Å². The van der Waals surface area contributed by atoms with Crippen molar-refractivity contribution in [2.24, 2.45) is 7.05 Å². The summed E-state index contributed by atoms with van der Waals surface area (Å²) in [6, 6.07) is 11.7. The second kappa shape index (κ2) is 8.44. The van der Waals surface area contributed by atoms with Crippen LogP contribution in [0.3, 0.4) is 0 Å². The smallest absolute Gasteiger partial charge is 0.220 e. The summed E-state index contributed by atoms with van der Waals surface area (Å²) in [6.07, 6.45) is 2.67. The minimum absolute atomic E-state index is 0.134. The van der Waals surface area contributed by atoms with Crippen LogP contribution in [0, 0.1) is 0 Å². The molecule has 8 nitrogen and oxygen atoms in total. The van der Waals surface area contributed by atoms with Crippen molar-refractivity contribution in [1.29, 1.82) is 0 Å². The van der Waals surface area contributed by atoms with Gasteiger partial charge in [0.05, 0.1) is 47.6 Å². The molecule has 0 fully saturated rings. The van der Waals surface area contributed by atoms with Gasteiger partial charge in [-0.05, 0) is 35.7 Å². The number of hydrogen-bond acceptors (Lipinski definition) is 7. The zero-order valence-electron chi connectivity index (χ0n) is 17.8. The number of phenols is 1. The zero-order chi connectivity index (χ0) is 22.9. The van der Waals surface area contributed by atoms with Crippen molar-refractivity contribution in [3.63, 3.8) is 0 Å². The van der Waals surface area contributed by atoms with Gasteiger partial charge in [-0.3, -0.25) is 0 Å². The molecule has 0 atom stereocenters. The Morgan fingerprint density at radius 3 is 1.97 bits per heavy atom. The van der Waals surface area contributed by atoms with Gasteiger partial charge < -0.3 is 23.9 Å². The van der Waals surface area contributed by atoms with E-state index < -0.39 is 10.1 Å². The second-order valence-electron chi connectivity index (χ2n) is 6.95. The lowest BCUT2D eigenvalue weighted by atomic mass is 10.00. The minimum Gasteiger partial charge on any atom is -0.748 e. The number of phenolic OH excluding ortho intramolecular Hbond substituents is 1. The van der Waals surface area contributed by atoms with Crippen molar-refractivity contribution in [3.8, 4) is 23.0 Å². The molecule has 9 heteroatoms. The first-order valence-corrected chi connectivity index (χ1v) is 11.0. The Bertz CT molecular complexity index is 1390. The van der Waals surface area contributed by atoms with E-state index in [-0.39, 0.29) is 5.75 Å². The summed E-state index contributed by atoms with van der Waals surface area (Å²) in [6.45, 7) is 0. The van der Waals surface area contributed by atoms with E-state index in [1.54, 1.807) is 27.4 Å². The highest BCUT2D eigenvalue weighted by atomic mass is 32.2. The summed E-state index contributed by atoms with van der Waals surface area (Å²) < 4.78 is 45.5. The van der Waals surface area contributed by atoms with Gasteiger partial charge in [-0.15, -0.1) is 0 Å². The van der Waals surface area contributed by atoms with Crippen molar-refractivity contribution in [1.82, 2.24) is 0 Å². The topological polar surface area (TPSA) is 109 Å². The summed E-state index contributed by atoms with van der Waals surface area (Å²) in [5.74, 6) is 1.98. The van der Waals surface area contributed by atoms with E-state index in [1.807, 2.05) is 31.3 Å².